The van der Waals surface area contributed by atoms with Crippen molar-refractivity contribution < 1.29 is 9.47 Å². The van der Waals surface area contributed by atoms with Crippen molar-refractivity contribution in [1.82, 2.24) is 9.88 Å². The van der Waals surface area contributed by atoms with Crippen LogP contribution in [0, 0.1) is 6.92 Å². The molecular formula is C22H26N2O2. The number of rotatable bonds is 5. The van der Waals surface area contributed by atoms with Crippen LogP contribution in [0.3, 0.4) is 0 Å². The summed E-state index contributed by atoms with van der Waals surface area (Å²) in [5, 5.41) is 1.25. The molecule has 4 rings (SSSR count). The molecule has 0 bridgehead atoms. The van der Waals surface area contributed by atoms with Crippen LogP contribution >= 0.6 is 0 Å². The lowest BCUT2D eigenvalue weighted by molar-refractivity contribution is 0.245. The number of hydrogen-bond acceptors (Lipinski definition) is 3. The predicted octanol–water partition coefficient (Wildman–Crippen LogP) is 4.83. The van der Waals surface area contributed by atoms with E-state index in [0.717, 1.165) is 24.6 Å². The molecule has 1 aliphatic rings. The van der Waals surface area contributed by atoms with Crippen LogP contribution < -0.4 is 9.47 Å². The highest BCUT2D eigenvalue weighted by molar-refractivity contribution is 5.85. The number of aryl methyl sites for hydroxylation is 1. The third-order valence-electron chi connectivity index (χ3n) is 5.57. The van der Waals surface area contributed by atoms with Crippen LogP contribution in [0.25, 0.3) is 10.9 Å². The fourth-order valence-corrected chi connectivity index (χ4v) is 4.09. The molecule has 0 saturated carbocycles. The molecule has 0 unspecified atom stereocenters. The number of methoxy groups -OCH3 is 2. The summed E-state index contributed by atoms with van der Waals surface area (Å²) in [5.74, 6) is 1.84. The Labute approximate surface area is 154 Å². The summed E-state index contributed by atoms with van der Waals surface area (Å²) in [4.78, 5) is 6.19. The number of ether oxygens (including phenoxy) is 2. The van der Waals surface area contributed by atoms with Gasteiger partial charge >= 0.3 is 0 Å². The number of H-pyrrole nitrogens is 1. The van der Waals surface area contributed by atoms with E-state index in [1.54, 1.807) is 14.2 Å². The molecule has 2 aromatic carbocycles. The smallest absolute Gasteiger partial charge is 0.119 e. The van der Waals surface area contributed by atoms with Gasteiger partial charge in [0.25, 0.3) is 0 Å². The molecule has 136 valence electrons. The molecule has 4 heteroatoms. The lowest BCUT2D eigenvalue weighted by Crippen LogP contribution is -2.23. The second kappa shape index (κ2) is 7.04. The lowest BCUT2D eigenvalue weighted by Gasteiger charge is -2.25. The van der Waals surface area contributed by atoms with Gasteiger partial charge in [0.2, 0.25) is 0 Å². The van der Waals surface area contributed by atoms with Gasteiger partial charge < -0.3 is 14.5 Å². The molecule has 1 fully saturated rings. The number of benzene rings is 2. The van der Waals surface area contributed by atoms with E-state index in [-0.39, 0.29) is 0 Å². The van der Waals surface area contributed by atoms with E-state index in [1.165, 1.54) is 40.6 Å². The second-order valence-electron chi connectivity index (χ2n) is 7.05. The molecule has 1 saturated heterocycles. The number of likely N-dealkylation sites (tertiary alicyclic amines) is 1. The largest absolute Gasteiger partial charge is 0.497 e. The average Bonchev–Trinajstić information content (AvgIpc) is 3.27. The van der Waals surface area contributed by atoms with Crippen molar-refractivity contribution in [2.75, 3.05) is 20.8 Å². The molecule has 2 heterocycles. The first kappa shape index (κ1) is 17.0. The maximum absolute atomic E-state index is 5.41. The van der Waals surface area contributed by atoms with E-state index < -0.39 is 0 Å². The van der Waals surface area contributed by atoms with E-state index in [0.29, 0.717) is 6.04 Å². The fourth-order valence-electron chi connectivity index (χ4n) is 4.09. The van der Waals surface area contributed by atoms with Gasteiger partial charge in [0.05, 0.1) is 14.2 Å². The van der Waals surface area contributed by atoms with Gasteiger partial charge in [-0.25, -0.2) is 0 Å². The Balaban J connectivity index is 1.61. The molecule has 1 aliphatic heterocycles. The fraction of sp³-hybridized carbons (Fsp3) is 0.364. The number of nitrogens with one attached hydrogen (secondary N) is 1. The molecule has 0 amide bonds. The summed E-state index contributed by atoms with van der Waals surface area (Å²) in [5.41, 5.74) is 5.13. The molecule has 1 atom stereocenters. The highest BCUT2D eigenvalue weighted by Crippen LogP contribution is 2.35. The van der Waals surface area contributed by atoms with Crippen LogP contribution in [-0.2, 0) is 6.54 Å². The maximum Gasteiger partial charge on any atom is 0.119 e. The molecule has 4 nitrogen and oxygen atoms in total. The molecule has 3 aromatic rings. The van der Waals surface area contributed by atoms with Crippen LogP contribution in [0.1, 0.15) is 35.7 Å². The first-order valence-electron chi connectivity index (χ1n) is 9.23. The standard InChI is InChI=1S/C22H26N2O2/c1-15-19-13-18(26-3)9-10-20(19)23-21(15)14-24-11-5-8-22(24)16-6-4-7-17(12-16)25-2/h4,6-7,9-10,12-13,22-23H,5,8,11,14H2,1-3H3/t22-/m0/s1. The maximum atomic E-state index is 5.41. The highest BCUT2D eigenvalue weighted by atomic mass is 16.5. The van der Waals surface area contributed by atoms with Crippen molar-refractivity contribution >= 4 is 10.9 Å². The van der Waals surface area contributed by atoms with Crippen molar-refractivity contribution in [2.45, 2.75) is 32.4 Å². The van der Waals surface area contributed by atoms with Crippen molar-refractivity contribution in [2.24, 2.45) is 0 Å². The van der Waals surface area contributed by atoms with E-state index in [9.17, 15) is 0 Å². The predicted molar refractivity (Wildman–Crippen MR) is 105 cm³/mol. The van der Waals surface area contributed by atoms with Crippen LogP contribution in [0.2, 0.25) is 0 Å². The number of aromatic amines is 1. The summed E-state index contributed by atoms with van der Waals surface area (Å²) >= 11 is 0. The van der Waals surface area contributed by atoms with Crippen molar-refractivity contribution in [3.63, 3.8) is 0 Å². The van der Waals surface area contributed by atoms with E-state index in [4.69, 9.17) is 9.47 Å². The Morgan fingerprint density at radius 1 is 1.08 bits per heavy atom. The van der Waals surface area contributed by atoms with Gasteiger partial charge in [-0.15, -0.1) is 0 Å². The van der Waals surface area contributed by atoms with Crippen molar-refractivity contribution in [1.29, 1.82) is 0 Å². The minimum atomic E-state index is 0.449. The van der Waals surface area contributed by atoms with Crippen molar-refractivity contribution in [3.8, 4) is 11.5 Å². The quantitative estimate of drug-likeness (QED) is 0.716. The minimum absolute atomic E-state index is 0.449. The first-order valence-corrected chi connectivity index (χ1v) is 9.23. The van der Waals surface area contributed by atoms with E-state index in [1.807, 2.05) is 12.1 Å². The van der Waals surface area contributed by atoms with Gasteiger partial charge in [-0.3, -0.25) is 4.90 Å². The minimum Gasteiger partial charge on any atom is -0.497 e. The molecule has 26 heavy (non-hydrogen) atoms. The average molecular weight is 350 g/mol. The van der Waals surface area contributed by atoms with Crippen LogP contribution in [0.5, 0.6) is 11.5 Å². The summed E-state index contributed by atoms with van der Waals surface area (Å²) in [7, 11) is 3.45. The van der Waals surface area contributed by atoms with Crippen molar-refractivity contribution in [3.05, 3.63) is 59.3 Å². The highest BCUT2D eigenvalue weighted by Gasteiger charge is 2.27. The van der Waals surface area contributed by atoms with Gasteiger partial charge in [0.1, 0.15) is 11.5 Å². The molecule has 0 radical (unpaired) electrons. The van der Waals surface area contributed by atoms with Gasteiger partial charge in [0, 0.05) is 29.2 Å². The third-order valence-corrected chi connectivity index (χ3v) is 5.57. The molecule has 1 aromatic heterocycles. The molecule has 0 aliphatic carbocycles. The topological polar surface area (TPSA) is 37.5 Å². The summed E-state index contributed by atoms with van der Waals surface area (Å²) in [6.07, 6.45) is 2.43. The first-order chi connectivity index (χ1) is 12.7. The van der Waals surface area contributed by atoms with Gasteiger partial charge in [-0.1, -0.05) is 12.1 Å². The van der Waals surface area contributed by atoms with E-state index >= 15 is 0 Å². The Bertz CT molecular complexity index is 916. The van der Waals surface area contributed by atoms with E-state index in [2.05, 4.69) is 47.1 Å². The number of fused-ring (bicyclic) bond motifs is 1. The number of aromatic nitrogens is 1. The Hall–Kier alpha value is -2.46. The van der Waals surface area contributed by atoms with Crippen LogP contribution in [-0.4, -0.2) is 30.6 Å². The SMILES string of the molecule is COc1cccc([C@@H]2CCCN2Cc2[nH]c3ccc(OC)cc3c2C)c1. The Morgan fingerprint density at radius 2 is 1.88 bits per heavy atom. The summed E-state index contributed by atoms with van der Waals surface area (Å²) in [6, 6.07) is 15.2. The lowest BCUT2D eigenvalue weighted by atomic mass is 10.0. The van der Waals surface area contributed by atoms with Gasteiger partial charge in [-0.2, -0.15) is 0 Å². The zero-order valence-corrected chi connectivity index (χ0v) is 15.7. The molecule has 1 N–H and O–H groups in total. The Morgan fingerprint density at radius 3 is 2.69 bits per heavy atom. The zero-order valence-electron chi connectivity index (χ0n) is 15.7. The normalized spacial score (nSPS) is 17.7. The monoisotopic (exact) mass is 350 g/mol. The third kappa shape index (κ3) is 3.06. The second-order valence-corrected chi connectivity index (χ2v) is 7.05. The van der Waals surface area contributed by atoms with Crippen LogP contribution in [0.15, 0.2) is 42.5 Å². The Kier molecular flexibility index (Phi) is 4.60. The van der Waals surface area contributed by atoms with Crippen LogP contribution in [0.4, 0.5) is 0 Å². The molecular weight excluding hydrogens is 324 g/mol. The number of nitrogens with zero attached hydrogens (tertiary/aromatic N) is 1. The van der Waals surface area contributed by atoms with Gasteiger partial charge in [-0.05, 0) is 67.8 Å². The number of hydrogen-bond donors (Lipinski definition) is 1. The molecule has 0 spiro atoms. The summed E-state index contributed by atoms with van der Waals surface area (Å²) in [6.45, 7) is 4.26. The summed E-state index contributed by atoms with van der Waals surface area (Å²) < 4.78 is 10.8. The zero-order chi connectivity index (χ0) is 18.1. The van der Waals surface area contributed by atoms with Gasteiger partial charge in [0.15, 0.2) is 0 Å².